The second-order valence-electron chi connectivity index (χ2n) is 5.25. The molecule has 1 heterocycles. The summed E-state index contributed by atoms with van der Waals surface area (Å²) in [7, 11) is 0. The van der Waals surface area contributed by atoms with Crippen LogP contribution in [0.15, 0.2) is 28.8 Å². The molecule has 0 radical (unpaired) electrons. The third-order valence-electron chi connectivity index (χ3n) is 2.52. The Bertz CT molecular complexity index is 582. The molecule has 0 aliphatic carbocycles. The molecule has 0 aliphatic rings. The van der Waals surface area contributed by atoms with E-state index in [1.807, 2.05) is 20.8 Å². The predicted molar refractivity (Wildman–Crippen MR) is 63.4 cm³/mol. The summed E-state index contributed by atoms with van der Waals surface area (Å²) in [5.74, 6) is 0.552. The number of hydrogen-bond acceptors (Lipinski definition) is 3. The van der Waals surface area contributed by atoms with Crippen LogP contribution in [0, 0.1) is 0 Å². The molecule has 3 nitrogen and oxygen atoms in total. The van der Waals surface area contributed by atoms with Crippen molar-refractivity contribution in [2.24, 2.45) is 0 Å². The monoisotopic (exact) mass is 270 g/mol. The van der Waals surface area contributed by atoms with Gasteiger partial charge in [0.25, 0.3) is 0 Å². The maximum absolute atomic E-state index is 12.6. The van der Waals surface area contributed by atoms with Gasteiger partial charge in [-0.25, -0.2) is 0 Å². The van der Waals surface area contributed by atoms with Crippen LogP contribution in [-0.2, 0) is 11.6 Å². The molecule has 1 aromatic heterocycles. The van der Waals surface area contributed by atoms with Crippen molar-refractivity contribution >= 4 is 0 Å². The molecule has 1 aromatic carbocycles. The van der Waals surface area contributed by atoms with E-state index in [1.54, 1.807) is 0 Å². The highest BCUT2D eigenvalue weighted by Crippen LogP contribution is 2.32. The van der Waals surface area contributed by atoms with Gasteiger partial charge in [0, 0.05) is 11.0 Å². The van der Waals surface area contributed by atoms with Crippen molar-refractivity contribution in [1.82, 2.24) is 10.1 Å². The minimum absolute atomic E-state index is 0.163. The summed E-state index contributed by atoms with van der Waals surface area (Å²) in [6.07, 6.45) is -4.38. The molecular weight excluding hydrogens is 257 g/mol. The molecule has 0 aliphatic heterocycles. The van der Waals surface area contributed by atoms with Crippen molar-refractivity contribution in [1.29, 1.82) is 0 Å². The number of nitrogens with zero attached hydrogens (tertiary/aromatic N) is 2. The predicted octanol–water partition coefficient (Wildman–Crippen LogP) is 4.05. The quantitative estimate of drug-likeness (QED) is 0.784. The highest BCUT2D eigenvalue weighted by atomic mass is 19.4. The SMILES string of the molecule is CC(C)(C)c1nc(-c2cccc(C(F)(F)F)c2)no1. The lowest BCUT2D eigenvalue weighted by Gasteiger charge is -2.10. The van der Waals surface area contributed by atoms with Crippen LogP contribution in [0.2, 0.25) is 0 Å². The van der Waals surface area contributed by atoms with E-state index in [2.05, 4.69) is 10.1 Å². The van der Waals surface area contributed by atoms with Gasteiger partial charge in [-0.1, -0.05) is 38.1 Å². The number of aromatic nitrogens is 2. The first-order valence-electron chi connectivity index (χ1n) is 5.70. The highest BCUT2D eigenvalue weighted by molar-refractivity contribution is 5.55. The molecule has 2 aromatic rings. The zero-order valence-electron chi connectivity index (χ0n) is 10.7. The van der Waals surface area contributed by atoms with Gasteiger partial charge in [0.2, 0.25) is 11.7 Å². The Kier molecular flexibility index (Phi) is 3.12. The van der Waals surface area contributed by atoms with E-state index in [9.17, 15) is 13.2 Å². The van der Waals surface area contributed by atoms with Gasteiger partial charge in [-0.05, 0) is 12.1 Å². The molecule has 0 fully saturated rings. The van der Waals surface area contributed by atoms with E-state index < -0.39 is 11.7 Å². The Labute approximate surface area is 108 Å². The minimum Gasteiger partial charge on any atom is -0.338 e. The Morgan fingerprint density at radius 3 is 2.32 bits per heavy atom. The molecular formula is C13H13F3N2O. The van der Waals surface area contributed by atoms with Gasteiger partial charge in [0.15, 0.2) is 0 Å². The number of benzene rings is 1. The third kappa shape index (κ3) is 2.94. The molecule has 0 N–H and O–H groups in total. The van der Waals surface area contributed by atoms with Crippen LogP contribution >= 0.6 is 0 Å². The Morgan fingerprint density at radius 1 is 1.11 bits per heavy atom. The lowest BCUT2D eigenvalue weighted by atomic mass is 9.97. The van der Waals surface area contributed by atoms with Crippen LogP contribution in [0.1, 0.15) is 32.2 Å². The summed E-state index contributed by atoms with van der Waals surface area (Å²) in [6.45, 7) is 5.66. The van der Waals surface area contributed by atoms with Gasteiger partial charge in [0.05, 0.1) is 5.56 Å². The maximum atomic E-state index is 12.6. The van der Waals surface area contributed by atoms with Crippen molar-refractivity contribution < 1.29 is 17.7 Å². The molecule has 0 atom stereocenters. The van der Waals surface area contributed by atoms with Gasteiger partial charge < -0.3 is 4.52 Å². The molecule has 19 heavy (non-hydrogen) atoms. The average Bonchev–Trinajstić information content (AvgIpc) is 2.77. The topological polar surface area (TPSA) is 38.9 Å². The molecule has 0 spiro atoms. The summed E-state index contributed by atoms with van der Waals surface area (Å²) < 4.78 is 42.9. The molecule has 0 saturated heterocycles. The summed E-state index contributed by atoms with van der Waals surface area (Å²) in [4.78, 5) is 4.13. The maximum Gasteiger partial charge on any atom is 0.416 e. The smallest absolute Gasteiger partial charge is 0.338 e. The largest absolute Gasteiger partial charge is 0.416 e. The highest BCUT2D eigenvalue weighted by Gasteiger charge is 2.31. The van der Waals surface area contributed by atoms with Crippen LogP contribution in [0.4, 0.5) is 13.2 Å². The van der Waals surface area contributed by atoms with Crippen molar-refractivity contribution in [2.45, 2.75) is 32.4 Å². The zero-order chi connectivity index (χ0) is 14.3. The standard InChI is InChI=1S/C13H13F3N2O/c1-12(2,3)11-17-10(18-19-11)8-5-4-6-9(7-8)13(14,15)16/h4-7H,1-3H3. The van der Waals surface area contributed by atoms with Gasteiger partial charge in [-0.3, -0.25) is 0 Å². The fourth-order valence-corrected chi connectivity index (χ4v) is 1.48. The molecule has 6 heteroatoms. The fraction of sp³-hybridized carbons (Fsp3) is 0.385. The summed E-state index contributed by atoms with van der Waals surface area (Å²) in [6, 6.07) is 4.86. The van der Waals surface area contributed by atoms with Gasteiger partial charge in [-0.15, -0.1) is 0 Å². The van der Waals surface area contributed by atoms with Crippen LogP contribution < -0.4 is 0 Å². The van der Waals surface area contributed by atoms with Gasteiger partial charge >= 0.3 is 6.18 Å². The van der Waals surface area contributed by atoms with Crippen molar-refractivity contribution in [3.8, 4) is 11.4 Å². The first-order valence-corrected chi connectivity index (χ1v) is 5.70. The third-order valence-corrected chi connectivity index (χ3v) is 2.52. The lowest BCUT2D eigenvalue weighted by molar-refractivity contribution is -0.137. The summed E-state index contributed by atoms with van der Waals surface area (Å²) in [5, 5.41) is 3.72. The second-order valence-corrected chi connectivity index (χ2v) is 5.25. The number of hydrogen-bond donors (Lipinski definition) is 0. The fourth-order valence-electron chi connectivity index (χ4n) is 1.48. The van der Waals surface area contributed by atoms with Crippen LogP contribution in [0.25, 0.3) is 11.4 Å². The number of alkyl halides is 3. The molecule has 2 rings (SSSR count). The normalized spacial score (nSPS) is 12.7. The summed E-state index contributed by atoms with van der Waals surface area (Å²) >= 11 is 0. The van der Waals surface area contributed by atoms with Gasteiger partial charge in [0.1, 0.15) is 0 Å². The van der Waals surface area contributed by atoms with Crippen molar-refractivity contribution in [3.05, 3.63) is 35.7 Å². The number of halogens is 3. The van der Waals surface area contributed by atoms with Crippen molar-refractivity contribution in [2.75, 3.05) is 0 Å². The lowest BCUT2D eigenvalue weighted by Crippen LogP contribution is -2.11. The van der Waals surface area contributed by atoms with Crippen LogP contribution in [0.5, 0.6) is 0 Å². The zero-order valence-corrected chi connectivity index (χ0v) is 10.7. The van der Waals surface area contributed by atoms with Crippen LogP contribution in [-0.4, -0.2) is 10.1 Å². The van der Waals surface area contributed by atoms with Crippen molar-refractivity contribution in [3.63, 3.8) is 0 Å². The van der Waals surface area contributed by atoms with Gasteiger partial charge in [-0.2, -0.15) is 18.2 Å². The van der Waals surface area contributed by atoms with E-state index in [0.717, 1.165) is 12.1 Å². The Hall–Kier alpha value is -1.85. The average molecular weight is 270 g/mol. The first kappa shape index (κ1) is 13.6. The Balaban J connectivity index is 2.40. The minimum atomic E-state index is -4.38. The first-order chi connectivity index (χ1) is 8.68. The summed E-state index contributed by atoms with van der Waals surface area (Å²) in [5.41, 5.74) is -0.784. The van der Waals surface area contributed by atoms with E-state index in [-0.39, 0.29) is 16.8 Å². The van der Waals surface area contributed by atoms with E-state index in [4.69, 9.17) is 4.52 Å². The molecule has 102 valence electrons. The molecule has 0 saturated carbocycles. The van der Waals surface area contributed by atoms with E-state index in [1.165, 1.54) is 12.1 Å². The number of rotatable bonds is 1. The second kappa shape index (κ2) is 4.36. The Morgan fingerprint density at radius 2 is 1.79 bits per heavy atom. The molecule has 0 bridgehead atoms. The van der Waals surface area contributed by atoms with Crippen LogP contribution in [0.3, 0.4) is 0 Å². The molecule has 0 unspecified atom stereocenters. The van der Waals surface area contributed by atoms with E-state index in [0.29, 0.717) is 5.89 Å². The van der Waals surface area contributed by atoms with E-state index >= 15 is 0 Å². The molecule has 0 amide bonds.